The third kappa shape index (κ3) is 13.0. The van der Waals surface area contributed by atoms with Gasteiger partial charge in [-0.1, -0.05) is 141 Å². The van der Waals surface area contributed by atoms with Gasteiger partial charge < -0.3 is 0 Å². The maximum absolute atomic E-state index is 2.57. The first kappa shape index (κ1) is 23.3. The maximum atomic E-state index is 2.57. The van der Waals surface area contributed by atoms with E-state index in [-0.39, 0.29) is 0 Å². The van der Waals surface area contributed by atoms with Gasteiger partial charge in [0, 0.05) is 0 Å². The van der Waals surface area contributed by atoms with Gasteiger partial charge in [0.2, 0.25) is 0 Å². The highest BCUT2D eigenvalue weighted by Crippen LogP contribution is 2.31. The molecular weight excluding hydrogens is 324 g/mol. The molecule has 158 valence electrons. The smallest absolute Gasteiger partial charge is 0.0386 e. The summed E-state index contributed by atoms with van der Waals surface area (Å²) in [5, 5.41) is 0. The number of rotatable bonds is 2. The lowest BCUT2D eigenvalue weighted by Crippen LogP contribution is -2.10. The van der Waals surface area contributed by atoms with Crippen molar-refractivity contribution in [1.82, 2.24) is 0 Å². The van der Waals surface area contributed by atoms with Gasteiger partial charge in [-0.15, -0.1) is 0 Å². The van der Waals surface area contributed by atoms with Crippen molar-refractivity contribution in [2.45, 2.75) is 148 Å². The lowest BCUT2D eigenvalue weighted by molar-refractivity contribution is 0.283. The van der Waals surface area contributed by atoms with Crippen molar-refractivity contribution in [2.24, 2.45) is 11.8 Å². The van der Waals surface area contributed by atoms with Gasteiger partial charge in [-0.25, -0.2) is 0 Å². The molecule has 2 aliphatic carbocycles. The predicted molar refractivity (Wildman–Crippen MR) is 122 cm³/mol. The first-order chi connectivity index (χ1) is 13.4. The Kier molecular flexibility index (Phi) is 14.6. The molecule has 2 unspecified atom stereocenters. The minimum atomic E-state index is 1.05. The Bertz CT molecular complexity index is 249. The molecule has 0 amide bonds. The molecular formula is C27H50. The Morgan fingerprint density at radius 1 is 0.370 bits per heavy atom. The highest BCUT2D eigenvalue weighted by molar-refractivity contribution is 4.72. The van der Waals surface area contributed by atoms with Crippen LogP contribution in [0.3, 0.4) is 0 Å². The summed E-state index contributed by atoms with van der Waals surface area (Å²) >= 11 is 0. The van der Waals surface area contributed by atoms with E-state index in [2.05, 4.69) is 12.8 Å². The molecule has 2 fully saturated rings. The zero-order chi connectivity index (χ0) is 18.8. The molecule has 0 bridgehead atoms. The quantitative estimate of drug-likeness (QED) is 0.451. The molecule has 0 heteroatoms. The van der Waals surface area contributed by atoms with Crippen LogP contribution in [0, 0.1) is 24.7 Å². The average Bonchev–Trinajstić information content (AvgIpc) is 2.72. The van der Waals surface area contributed by atoms with Gasteiger partial charge in [0.25, 0.3) is 0 Å². The molecule has 2 saturated carbocycles. The van der Waals surface area contributed by atoms with Crippen LogP contribution in [0.5, 0.6) is 0 Å². The van der Waals surface area contributed by atoms with Crippen LogP contribution in [0.25, 0.3) is 0 Å². The Labute approximate surface area is 172 Å². The van der Waals surface area contributed by atoms with Crippen molar-refractivity contribution in [3.8, 4) is 0 Å². The average molecular weight is 375 g/mol. The van der Waals surface area contributed by atoms with E-state index in [4.69, 9.17) is 0 Å². The molecule has 2 atom stereocenters. The van der Waals surface area contributed by atoms with Crippen molar-refractivity contribution in [1.29, 1.82) is 0 Å². The topological polar surface area (TPSA) is 0 Å². The zero-order valence-electron chi connectivity index (χ0n) is 18.6. The van der Waals surface area contributed by atoms with E-state index in [0.717, 1.165) is 11.8 Å². The standard InChI is InChI=1S/C27H50/c1-2-6-10-14-18-22-26(21-17-13-9-5-1)25-27-23-19-15-11-7-3-4-8-12-16-20-24-27/h1,3,26-27H,2,4-25H2. The Morgan fingerprint density at radius 3 is 1.04 bits per heavy atom. The lowest BCUT2D eigenvalue weighted by Gasteiger charge is -2.24. The van der Waals surface area contributed by atoms with Gasteiger partial charge in [0.05, 0.1) is 0 Å². The second-order valence-corrected chi connectivity index (χ2v) is 9.80. The molecule has 0 aromatic rings. The van der Waals surface area contributed by atoms with Crippen LogP contribution in [-0.2, 0) is 0 Å². The molecule has 2 radical (unpaired) electrons. The number of hydrogen-bond acceptors (Lipinski definition) is 0. The van der Waals surface area contributed by atoms with Gasteiger partial charge in [-0.3, -0.25) is 0 Å². The Balaban J connectivity index is 1.77. The van der Waals surface area contributed by atoms with E-state index in [9.17, 15) is 0 Å². The van der Waals surface area contributed by atoms with Gasteiger partial charge in [0.15, 0.2) is 0 Å². The predicted octanol–water partition coefficient (Wildman–Crippen LogP) is 9.63. The first-order valence-electron chi connectivity index (χ1n) is 13.1. The van der Waals surface area contributed by atoms with Crippen LogP contribution in [-0.4, -0.2) is 0 Å². The molecule has 0 aromatic heterocycles. The van der Waals surface area contributed by atoms with Gasteiger partial charge in [-0.2, -0.15) is 0 Å². The Morgan fingerprint density at radius 2 is 0.667 bits per heavy atom. The molecule has 2 aliphatic rings. The minimum Gasteiger partial charge on any atom is -0.0533 e. The van der Waals surface area contributed by atoms with Crippen LogP contribution < -0.4 is 0 Å². The highest BCUT2D eigenvalue weighted by atomic mass is 14.2. The highest BCUT2D eigenvalue weighted by Gasteiger charge is 2.17. The van der Waals surface area contributed by atoms with Crippen molar-refractivity contribution < 1.29 is 0 Å². The van der Waals surface area contributed by atoms with Crippen molar-refractivity contribution in [3.05, 3.63) is 12.8 Å². The molecule has 2 rings (SSSR count). The first-order valence-corrected chi connectivity index (χ1v) is 13.1. The molecule has 27 heavy (non-hydrogen) atoms. The summed E-state index contributed by atoms with van der Waals surface area (Å²) in [6.07, 6.45) is 39.1. The van der Waals surface area contributed by atoms with Crippen LogP contribution in [0.2, 0.25) is 0 Å². The zero-order valence-corrected chi connectivity index (χ0v) is 18.6. The molecule has 0 nitrogen and oxygen atoms in total. The molecule has 0 heterocycles. The van der Waals surface area contributed by atoms with E-state index in [1.807, 2.05) is 0 Å². The summed E-state index contributed by atoms with van der Waals surface area (Å²) in [5.74, 6) is 2.09. The lowest BCUT2D eigenvalue weighted by atomic mass is 9.82. The van der Waals surface area contributed by atoms with E-state index < -0.39 is 0 Å². The van der Waals surface area contributed by atoms with Crippen LogP contribution in [0.4, 0.5) is 0 Å². The molecule has 0 aliphatic heterocycles. The fourth-order valence-electron chi connectivity index (χ4n) is 5.47. The third-order valence-electron chi connectivity index (χ3n) is 7.25. The third-order valence-corrected chi connectivity index (χ3v) is 7.25. The van der Waals surface area contributed by atoms with E-state index in [0.29, 0.717) is 0 Å². The summed E-state index contributed by atoms with van der Waals surface area (Å²) in [7, 11) is 0. The Hall–Kier alpha value is 0. The molecule has 0 N–H and O–H groups in total. The van der Waals surface area contributed by atoms with Crippen molar-refractivity contribution in [2.75, 3.05) is 0 Å². The fourth-order valence-corrected chi connectivity index (χ4v) is 5.47. The normalized spacial score (nSPS) is 25.8. The SMILES string of the molecule is [CH]1CCCCCCC(CC2CCCCC[CH]CCCCCC2)CCCCC1. The van der Waals surface area contributed by atoms with Gasteiger partial charge >= 0.3 is 0 Å². The van der Waals surface area contributed by atoms with Crippen LogP contribution in [0.1, 0.15) is 148 Å². The maximum Gasteiger partial charge on any atom is -0.0386 e. The van der Waals surface area contributed by atoms with Crippen LogP contribution in [0.15, 0.2) is 0 Å². The molecule has 0 spiro atoms. The van der Waals surface area contributed by atoms with Gasteiger partial charge in [0.1, 0.15) is 0 Å². The summed E-state index contributed by atoms with van der Waals surface area (Å²) in [5.41, 5.74) is 0. The second kappa shape index (κ2) is 16.9. The van der Waals surface area contributed by atoms with E-state index >= 15 is 0 Å². The second-order valence-electron chi connectivity index (χ2n) is 9.80. The largest absolute Gasteiger partial charge is 0.0533 e. The minimum absolute atomic E-state index is 1.05. The summed E-state index contributed by atoms with van der Waals surface area (Å²) < 4.78 is 0. The van der Waals surface area contributed by atoms with Crippen molar-refractivity contribution >= 4 is 0 Å². The summed E-state index contributed by atoms with van der Waals surface area (Å²) in [6, 6.07) is 0. The molecule has 0 aromatic carbocycles. The van der Waals surface area contributed by atoms with E-state index in [1.54, 1.807) is 6.42 Å². The van der Waals surface area contributed by atoms with Crippen LogP contribution >= 0.6 is 0 Å². The van der Waals surface area contributed by atoms with Gasteiger partial charge in [-0.05, 0) is 31.1 Å². The van der Waals surface area contributed by atoms with Crippen molar-refractivity contribution in [3.63, 3.8) is 0 Å². The summed E-state index contributed by atoms with van der Waals surface area (Å²) in [4.78, 5) is 0. The fraction of sp³-hybridized carbons (Fsp3) is 0.926. The summed E-state index contributed by atoms with van der Waals surface area (Å²) in [6.45, 7) is 0. The monoisotopic (exact) mass is 374 g/mol. The number of hydrogen-bond donors (Lipinski definition) is 0. The molecule has 0 saturated heterocycles. The van der Waals surface area contributed by atoms with E-state index in [1.165, 1.54) is 141 Å².